The summed E-state index contributed by atoms with van der Waals surface area (Å²) >= 11 is 1.36. The fourth-order valence-corrected chi connectivity index (χ4v) is 5.54. The molecule has 10 heteroatoms. The van der Waals surface area contributed by atoms with E-state index in [2.05, 4.69) is 29.4 Å². The van der Waals surface area contributed by atoms with Crippen LogP contribution in [0.15, 0.2) is 34.3 Å². The van der Waals surface area contributed by atoms with Crippen molar-refractivity contribution in [2.24, 2.45) is 5.92 Å². The van der Waals surface area contributed by atoms with Crippen molar-refractivity contribution in [2.75, 3.05) is 18.8 Å². The summed E-state index contributed by atoms with van der Waals surface area (Å²) in [4.78, 5) is 12.3. The van der Waals surface area contributed by atoms with Crippen LogP contribution in [-0.4, -0.2) is 58.3 Å². The van der Waals surface area contributed by atoms with E-state index in [9.17, 15) is 13.2 Å². The zero-order valence-corrected chi connectivity index (χ0v) is 20.2. The van der Waals surface area contributed by atoms with Gasteiger partial charge in [0.2, 0.25) is 15.9 Å². The van der Waals surface area contributed by atoms with Crippen LogP contribution in [0, 0.1) is 5.92 Å². The van der Waals surface area contributed by atoms with Gasteiger partial charge in [-0.25, -0.2) is 8.42 Å². The Bertz CT molecular complexity index is 1010. The van der Waals surface area contributed by atoms with Crippen LogP contribution >= 0.6 is 11.8 Å². The Hall–Kier alpha value is -1.91. The van der Waals surface area contributed by atoms with Gasteiger partial charge in [0.1, 0.15) is 0 Å². The van der Waals surface area contributed by atoms with Crippen LogP contribution in [0.25, 0.3) is 11.4 Å². The summed E-state index contributed by atoms with van der Waals surface area (Å²) in [6.07, 6.45) is 2.10. The normalized spacial score (nSPS) is 14.4. The first-order chi connectivity index (χ1) is 14.8. The average Bonchev–Trinajstić information content (AvgIpc) is 3.45. The van der Waals surface area contributed by atoms with Crippen LogP contribution in [0.4, 0.5) is 0 Å². The van der Waals surface area contributed by atoms with Crippen molar-refractivity contribution in [2.45, 2.75) is 63.2 Å². The van der Waals surface area contributed by atoms with E-state index in [1.54, 1.807) is 18.2 Å². The van der Waals surface area contributed by atoms with Crippen LogP contribution in [0.2, 0.25) is 0 Å². The number of carbonyl (C=O) groups is 1. The number of sulfonamides is 1. The van der Waals surface area contributed by atoms with Crippen molar-refractivity contribution < 1.29 is 13.2 Å². The Labute approximate surface area is 188 Å². The lowest BCUT2D eigenvalue weighted by Gasteiger charge is -2.19. The quantitative estimate of drug-likeness (QED) is 0.513. The fourth-order valence-electron chi connectivity index (χ4n) is 3.27. The van der Waals surface area contributed by atoms with E-state index in [1.165, 1.54) is 16.1 Å². The average molecular weight is 466 g/mol. The Balaban J connectivity index is 1.89. The van der Waals surface area contributed by atoms with Crippen molar-refractivity contribution >= 4 is 27.7 Å². The molecule has 31 heavy (non-hydrogen) atoms. The number of thioether (sulfide) groups is 1. The molecule has 8 nitrogen and oxygen atoms in total. The first-order valence-electron chi connectivity index (χ1n) is 10.7. The summed E-state index contributed by atoms with van der Waals surface area (Å²) in [6, 6.07) is 7.17. The van der Waals surface area contributed by atoms with Gasteiger partial charge in [-0.1, -0.05) is 51.6 Å². The third-order valence-electron chi connectivity index (χ3n) is 4.97. The standard InChI is InChI=1S/C21H31N5O3S2/c1-5-25(6-2)31(28,29)18-9-7-8-16(12-18)20-23-24-21(26(20)13-15(3)4)30-14-19(27)22-17-10-11-17/h7-9,12,15,17H,5-6,10-11,13-14H2,1-4H3,(H,22,27). The molecule has 0 bridgehead atoms. The Morgan fingerprint density at radius 2 is 1.97 bits per heavy atom. The fraction of sp³-hybridized carbons (Fsp3) is 0.571. The molecule has 0 aliphatic heterocycles. The molecule has 0 saturated heterocycles. The summed E-state index contributed by atoms with van der Waals surface area (Å²) in [5.74, 6) is 1.22. The highest BCUT2D eigenvalue weighted by Gasteiger charge is 2.25. The summed E-state index contributed by atoms with van der Waals surface area (Å²) in [7, 11) is -3.57. The predicted octanol–water partition coefficient (Wildman–Crippen LogP) is 3.00. The van der Waals surface area contributed by atoms with Crippen molar-refractivity contribution in [3.8, 4) is 11.4 Å². The second-order valence-electron chi connectivity index (χ2n) is 8.06. The predicted molar refractivity (Wildman–Crippen MR) is 122 cm³/mol. The molecule has 1 N–H and O–H groups in total. The molecule has 0 spiro atoms. The number of aromatic nitrogens is 3. The number of rotatable bonds is 11. The van der Waals surface area contributed by atoms with Gasteiger partial charge in [0, 0.05) is 31.2 Å². The minimum atomic E-state index is -3.57. The van der Waals surface area contributed by atoms with Gasteiger partial charge in [-0.3, -0.25) is 4.79 Å². The second kappa shape index (κ2) is 10.1. The molecule has 0 radical (unpaired) electrons. The summed E-state index contributed by atoms with van der Waals surface area (Å²) in [6.45, 7) is 9.34. The highest BCUT2D eigenvalue weighted by Crippen LogP contribution is 2.28. The minimum absolute atomic E-state index is 0.000426. The zero-order chi connectivity index (χ0) is 22.6. The Kier molecular flexibility index (Phi) is 7.77. The van der Waals surface area contributed by atoms with E-state index in [1.807, 2.05) is 24.5 Å². The summed E-state index contributed by atoms with van der Waals surface area (Å²) in [5, 5.41) is 12.3. The molecule has 1 fully saturated rings. The smallest absolute Gasteiger partial charge is 0.243 e. The molecule has 3 rings (SSSR count). The lowest BCUT2D eigenvalue weighted by Crippen LogP contribution is -2.30. The van der Waals surface area contributed by atoms with Crippen molar-refractivity contribution in [3.63, 3.8) is 0 Å². The molecular weight excluding hydrogens is 434 g/mol. The molecule has 1 saturated carbocycles. The van der Waals surface area contributed by atoms with Gasteiger partial charge in [-0.15, -0.1) is 10.2 Å². The summed E-state index contributed by atoms with van der Waals surface area (Å²) < 4.78 is 29.3. The molecule has 2 aromatic rings. The van der Waals surface area contributed by atoms with Gasteiger partial charge in [-0.05, 0) is 30.9 Å². The number of benzene rings is 1. The van der Waals surface area contributed by atoms with E-state index in [0.29, 0.717) is 48.1 Å². The number of amides is 1. The van der Waals surface area contributed by atoms with Crippen LogP contribution in [0.5, 0.6) is 0 Å². The van der Waals surface area contributed by atoms with Gasteiger partial charge in [-0.2, -0.15) is 4.31 Å². The Morgan fingerprint density at radius 3 is 2.58 bits per heavy atom. The number of hydrogen-bond donors (Lipinski definition) is 1. The van der Waals surface area contributed by atoms with E-state index in [0.717, 1.165) is 12.8 Å². The van der Waals surface area contributed by atoms with Gasteiger partial charge in [0.25, 0.3) is 0 Å². The Morgan fingerprint density at radius 1 is 1.26 bits per heavy atom. The van der Waals surface area contributed by atoms with Gasteiger partial charge in [0.05, 0.1) is 10.6 Å². The lowest BCUT2D eigenvalue weighted by atomic mass is 10.2. The number of hydrogen-bond acceptors (Lipinski definition) is 6. The molecule has 1 aliphatic rings. The molecule has 170 valence electrons. The molecular formula is C21H31N5O3S2. The minimum Gasteiger partial charge on any atom is -0.353 e. The molecule has 1 aromatic heterocycles. The van der Waals surface area contributed by atoms with E-state index in [-0.39, 0.29) is 16.6 Å². The van der Waals surface area contributed by atoms with Crippen LogP contribution in [-0.2, 0) is 21.4 Å². The second-order valence-corrected chi connectivity index (χ2v) is 10.9. The van der Waals surface area contributed by atoms with Crippen LogP contribution in [0.3, 0.4) is 0 Å². The number of nitrogens with zero attached hydrogens (tertiary/aromatic N) is 4. The molecule has 0 unspecified atom stereocenters. The maximum Gasteiger partial charge on any atom is 0.243 e. The van der Waals surface area contributed by atoms with Crippen molar-refractivity contribution in [1.82, 2.24) is 24.4 Å². The maximum absolute atomic E-state index is 13.0. The van der Waals surface area contributed by atoms with Crippen LogP contribution < -0.4 is 5.32 Å². The van der Waals surface area contributed by atoms with Gasteiger partial charge in [0.15, 0.2) is 11.0 Å². The molecule has 1 amide bonds. The highest BCUT2D eigenvalue weighted by molar-refractivity contribution is 7.99. The van der Waals surface area contributed by atoms with Crippen molar-refractivity contribution in [1.29, 1.82) is 0 Å². The van der Waals surface area contributed by atoms with Crippen molar-refractivity contribution in [3.05, 3.63) is 24.3 Å². The summed E-state index contributed by atoms with van der Waals surface area (Å²) in [5.41, 5.74) is 0.690. The highest BCUT2D eigenvalue weighted by atomic mass is 32.2. The third-order valence-corrected chi connectivity index (χ3v) is 7.99. The zero-order valence-electron chi connectivity index (χ0n) is 18.5. The molecule has 0 atom stereocenters. The first kappa shape index (κ1) is 23.7. The van der Waals surface area contributed by atoms with E-state index in [4.69, 9.17) is 0 Å². The number of nitrogens with one attached hydrogen (secondary N) is 1. The molecule has 1 aliphatic carbocycles. The van der Waals surface area contributed by atoms with Gasteiger partial charge < -0.3 is 9.88 Å². The van der Waals surface area contributed by atoms with E-state index < -0.39 is 10.0 Å². The van der Waals surface area contributed by atoms with Gasteiger partial charge >= 0.3 is 0 Å². The first-order valence-corrected chi connectivity index (χ1v) is 13.1. The largest absolute Gasteiger partial charge is 0.353 e. The lowest BCUT2D eigenvalue weighted by molar-refractivity contribution is -0.118. The topological polar surface area (TPSA) is 97.2 Å². The molecule has 1 aromatic carbocycles. The van der Waals surface area contributed by atoms with E-state index >= 15 is 0 Å². The third kappa shape index (κ3) is 5.87. The molecule has 1 heterocycles. The monoisotopic (exact) mass is 465 g/mol. The van der Waals surface area contributed by atoms with Crippen LogP contribution in [0.1, 0.15) is 40.5 Å². The maximum atomic E-state index is 13.0. The number of carbonyl (C=O) groups excluding carboxylic acids is 1. The SMILES string of the molecule is CCN(CC)S(=O)(=O)c1cccc(-c2nnc(SCC(=O)NC3CC3)n2CC(C)C)c1.